The van der Waals surface area contributed by atoms with E-state index in [9.17, 15) is 9.18 Å². The second kappa shape index (κ2) is 3.53. The van der Waals surface area contributed by atoms with Crippen LogP contribution in [-0.4, -0.2) is 21.0 Å². The van der Waals surface area contributed by atoms with Crippen LogP contribution in [0.25, 0.3) is 5.65 Å². The molecule has 1 fully saturated rings. The van der Waals surface area contributed by atoms with Crippen LogP contribution in [-0.2, 0) is 4.79 Å². The molecule has 1 saturated carbocycles. The van der Waals surface area contributed by atoms with E-state index in [4.69, 9.17) is 0 Å². The highest BCUT2D eigenvalue weighted by molar-refractivity contribution is 9.10. The summed E-state index contributed by atoms with van der Waals surface area (Å²) < 4.78 is 16.1. The molecule has 1 aliphatic rings. The van der Waals surface area contributed by atoms with E-state index >= 15 is 0 Å². The first-order valence-electron chi connectivity index (χ1n) is 5.21. The van der Waals surface area contributed by atoms with Gasteiger partial charge in [0.1, 0.15) is 5.65 Å². The molecular formula is C11H9BrFN3O. The third-order valence-electron chi connectivity index (χ3n) is 2.75. The number of carbonyl (C=O) groups excluding carboxylic acids is 1. The Labute approximate surface area is 105 Å². The smallest absolute Gasteiger partial charge is 0.263 e. The van der Waals surface area contributed by atoms with Gasteiger partial charge in [0.25, 0.3) is 5.91 Å². The van der Waals surface area contributed by atoms with Crippen LogP contribution in [0.2, 0.25) is 0 Å². The van der Waals surface area contributed by atoms with Gasteiger partial charge in [-0.2, -0.15) is 0 Å². The van der Waals surface area contributed by atoms with Gasteiger partial charge in [-0.3, -0.25) is 4.79 Å². The number of pyridine rings is 1. The molecule has 0 bridgehead atoms. The molecule has 4 nitrogen and oxygen atoms in total. The molecule has 1 N–H and O–H groups in total. The number of halogens is 2. The first kappa shape index (κ1) is 10.7. The molecule has 0 aromatic carbocycles. The minimum atomic E-state index is -1.67. The number of carbonyl (C=O) groups is 1. The first-order valence-corrected chi connectivity index (χ1v) is 6.01. The maximum Gasteiger partial charge on any atom is 0.263 e. The van der Waals surface area contributed by atoms with Gasteiger partial charge in [-0.25, -0.2) is 9.37 Å². The second-order valence-corrected chi connectivity index (χ2v) is 5.07. The van der Waals surface area contributed by atoms with Crippen molar-refractivity contribution < 1.29 is 9.18 Å². The van der Waals surface area contributed by atoms with Gasteiger partial charge in [-0.05, 0) is 40.9 Å². The monoisotopic (exact) mass is 297 g/mol. The molecule has 17 heavy (non-hydrogen) atoms. The van der Waals surface area contributed by atoms with Crippen LogP contribution in [0.5, 0.6) is 0 Å². The maximum atomic E-state index is 13.4. The van der Waals surface area contributed by atoms with E-state index in [0.717, 1.165) is 4.47 Å². The number of anilines is 1. The highest BCUT2D eigenvalue weighted by Crippen LogP contribution is 2.40. The summed E-state index contributed by atoms with van der Waals surface area (Å²) in [6.45, 7) is 0. The summed E-state index contributed by atoms with van der Waals surface area (Å²) in [5.41, 5.74) is -0.969. The fraction of sp³-hybridized carbons (Fsp3) is 0.273. The Balaban J connectivity index is 1.88. The minimum absolute atomic E-state index is 0.303. The summed E-state index contributed by atoms with van der Waals surface area (Å²) in [4.78, 5) is 15.7. The third-order valence-corrected chi connectivity index (χ3v) is 3.22. The number of nitrogens with zero attached hydrogens (tertiary/aromatic N) is 2. The lowest BCUT2D eigenvalue weighted by Gasteiger charge is -2.03. The number of alkyl halides is 1. The molecule has 0 unspecified atom stereocenters. The molecule has 2 aromatic rings. The van der Waals surface area contributed by atoms with E-state index < -0.39 is 11.6 Å². The summed E-state index contributed by atoms with van der Waals surface area (Å²) in [6.07, 6.45) is 4.08. The van der Waals surface area contributed by atoms with Gasteiger partial charge in [-0.15, -0.1) is 0 Å². The molecule has 1 amide bonds. The molecule has 1 aliphatic carbocycles. The van der Waals surface area contributed by atoms with Crippen LogP contribution >= 0.6 is 15.9 Å². The zero-order valence-electron chi connectivity index (χ0n) is 8.78. The van der Waals surface area contributed by atoms with Crippen molar-refractivity contribution >= 4 is 33.3 Å². The van der Waals surface area contributed by atoms with Crippen molar-refractivity contribution in [3.63, 3.8) is 0 Å². The second-order valence-electron chi connectivity index (χ2n) is 4.16. The topological polar surface area (TPSA) is 46.4 Å². The van der Waals surface area contributed by atoms with Crippen molar-refractivity contribution in [3.8, 4) is 0 Å². The zero-order valence-corrected chi connectivity index (χ0v) is 10.4. The van der Waals surface area contributed by atoms with E-state index in [0.29, 0.717) is 24.3 Å². The summed E-state index contributed by atoms with van der Waals surface area (Å²) in [5, 5.41) is 2.49. The molecular weight excluding hydrogens is 289 g/mol. The van der Waals surface area contributed by atoms with Crippen molar-refractivity contribution in [3.05, 3.63) is 29.0 Å². The van der Waals surface area contributed by atoms with Crippen LogP contribution < -0.4 is 5.32 Å². The van der Waals surface area contributed by atoms with Gasteiger partial charge in [0.2, 0.25) is 0 Å². The summed E-state index contributed by atoms with van der Waals surface area (Å²) in [6, 6.07) is 3.66. The predicted molar refractivity (Wildman–Crippen MR) is 64.6 cm³/mol. The SMILES string of the molecule is O=C(Nc1cn2cc(Br)ccc2n1)C1(F)CC1. The van der Waals surface area contributed by atoms with Gasteiger partial charge in [0.05, 0.1) is 6.20 Å². The molecule has 3 rings (SSSR count). The van der Waals surface area contributed by atoms with Crippen LogP contribution in [0.3, 0.4) is 0 Å². The van der Waals surface area contributed by atoms with Crippen LogP contribution in [0.4, 0.5) is 10.2 Å². The molecule has 2 heterocycles. The number of amides is 1. The number of fused-ring (bicyclic) bond motifs is 1. The Bertz CT molecular complexity index is 606. The Morgan fingerprint density at radius 3 is 2.94 bits per heavy atom. The standard InChI is InChI=1S/C11H9BrFN3O/c12-7-1-2-9-14-8(6-16(9)5-7)15-10(17)11(13)3-4-11/h1-2,5-6H,3-4H2,(H,15,17). The quantitative estimate of drug-likeness (QED) is 0.926. The van der Waals surface area contributed by atoms with Crippen LogP contribution in [0, 0.1) is 0 Å². The van der Waals surface area contributed by atoms with Crippen molar-refractivity contribution in [1.82, 2.24) is 9.38 Å². The number of rotatable bonds is 2. The normalized spacial score (nSPS) is 17.1. The van der Waals surface area contributed by atoms with Crippen molar-refractivity contribution in [2.75, 3.05) is 5.32 Å². The molecule has 0 spiro atoms. The number of hydrogen-bond donors (Lipinski definition) is 1. The van der Waals surface area contributed by atoms with Crippen LogP contribution in [0.1, 0.15) is 12.8 Å². The highest BCUT2D eigenvalue weighted by Gasteiger charge is 2.51. The van der Waals surface area contributed by atoms with E-state index in [1.165, 1.54) is 0 Å². The predicted octanol–water partition coefficient (Wildman–Crippen LogP) is 2.54. The molecule has 0 aliphatic heterocycles. The van der Waals surface area contributed by atoms with Gasteiger partial charge < -0.3 is 9.72 Å². The summed E-state index contributed by atoms with van der Waals surface area (Å²) in [7, 11) is 0. The Morgan fingerprint density at radius 1 is 1.47 bits per heavy atom. The number of aromatic nitrogens is 2. The van der Waals surface area contributed by atoms with E-state index in [-0.39, 0.29) is 0 Å². The molecule has 2 aromatic heterocycles. The van der Waals surface area contributed by atoms with Crippen molar-refractivity contribution in [1.29, 1.82) is 0 Å². The number of hydrogen-bond acceptors (Lipinski definition) is 2. The first-order chi connectivity index (χ1) is 8.07. The number of nitrogens with one attached hydrogen (secondary N) is 1. The molecule has 0 radical (unpaired) electrons. The van der Waals surface area contributed by atoms with Gasteiger partial charge in [0.15, 0.2) is 11.5 Å². The molecule has 0 atom stereocenters. The van der Waals surface area contributed by atoms with E-state index in [2.05, 4.69) is 26.2 Å². The van der Waals surface area contributed by atoms with E-state index in [1.807, 2.05) is 18.3 Å². The molecule has 0 saturated heterocycles. The molecule has 88 valence electrons. The lowest BCUT2D eigenvalue weighted by atomic mass is 10.3. The van der Waals surface area contributed by atoms with Crippen molar-refractivity contribution in [2.45, 2.75) is 18.5 Å². The summed E-state index contributed by atoms with van der Waals surface area (Å²) in [5.74, 6) is -0.225. The Morgan fingerprint density at radius 2 is 2.24 bits per heavy atom. The zero-order chi connectivity index (χ0) is 12.0. The Kier molecular flexibility index (Phi) is 2.22. The lowest BCUT2D eigenvalue weighted by Crippen LogP contribution is -2.25. The largest absolute Gasteiger partial charge is 0.307 e. The highest BCUT2D eigenvalue weighted by atomic mass is 79.9. The Hall–Kier alpha value is -1.43. The minimum Gasteiger partial charge on any atom is -0.307 e. The van der Waals surface area contributed by atoms with Gasteiger partial charge in [0, 0.05) is 10.7 Å². The maximum absolute atomic E-state index is 13.4. The molecule has 6 heteroatoms. The van der Waals surface area contributed by atoms with Gasteiger partial charge >= 0.3 is 0 Å². The third kappa shape index (κ3) is 1.93. The van der Waals surface area contributed by atoms with E-state index in [1.54, 1.807) is 10.6 Å². The van der Waals surface area contributed by atoms with Crippen molar-refractivity contribution in [2.24, 2.45) is 0 Å². The lowest BCUT2D eigenvalue weighted by molar-refractivity contribution is -0.122. The summed E-state index contributed by atoms with van der Waals surface area (Å²) >= 11 is 3.34. The number of imidazole rings is 1. The van der Waals surface area contributed by atoms with Crippen LogP contribution in [0.15, 0.2) is 29.0 Å². The fourth-order valence-electron chi connectivity index (χ4n) is 1.59. The average Bonchev–Trinajstić information content (AvgIpc) is 2.90. The average molecular weight is 298 g/mol. The fourth-order valence-corrected chi connectivity index (χ4v) is 1.94. The van der Waals surface area contributed by atoms with Gasteiger partial charge in [-0.1, -0.05) is 0 Å².